The van der Waals surface area contributed by atoms with Gasteiger partial charge < -0.3 is 19.4 Å². The summed E-state index contributed by atoms with van der Waals surface area (Å²) in [5.41, 5.74) is 1.98. The molecule has 2 aromatic carbocycles. The summed E-state index contributed by atoms with van der Waals surface area (Å²) >= 11 is 0. The molecule has 0 aliphatic carbocycles. The average molecular weight is 433 g/mol. The van der Waals surface area contributed by atoms with Gasteiger partial charge in [0.25, 0.3) is 5.91 Å². The number of hydrogen-bond acceptors (Lipinski definition) is 5. The molecule has 8 nitrogen and oxygen atoms in total. The normalized spacial score (nSPS) is 12.7. The van der Waals surface area contributed by atoms with E-state index in [0.717, 1.165) is 5.56 Å². The Labute approximate surface area is 185 Å². The molecule has 3 aromatic rings. The second-order valence-corrected chi connectivity index (χ2v) is 7.36. The Bertz CT molecular complexity index is 1130. The lowest BCUT2D eigenvalue weighted by molar-refractivity contribution is -0.125. The molecule has 0 spiro atoms. The third kappa shape index (κ3) is 4.64. The summed E-state index contributed by atoms with van der Waals surface area (Å²) in [5.74, 6) is 0.120. The van der Waals surface area contributed by atoms with Crippen molar-refractivity contribution in [1.82, 2.24) is 5.32 Å². The fourth-order valence-electron chi connectivity index (χ4n) is 3.52. The van der Waals surface area contributed by atoms with Crippen molar-refractivity contribution in [3.05, 3.63) is 78.3 Å². The van der Waals surface area contributed by atoms with Crippen LogP contribution in [0.4, 0.5) is 11.4 Å². The molecule has 0 fully saturated rings. The molecule has 3 amide bonds. The highest BCUT2D eigenvalue weighted by Gasteiger charge is 2.30. The van der Waals surface area contributed by atoms with Crippen LogP contribution in [0.1, 0.15) is 11.3 Å². The van der Waals surface area contributed by atoms with Crippen LogP contribution in [0, 0.1) is 6.92 Å². The molecule has 1 aromatic heterocycles. The summed E-state index contributed by atoms with van der Waals surface area (Å²) in [4.78, 5) is 41.3. The highest BCUT2D eigenvalue weighted by atomic mass is 16.5. The summed E-state index contributed by atoms with van der Waals surface area (Å²) in [6.07, 6.45) is 1.53. The van der Waals surface area contributed by atoms with E-state index in [0.29, 0.717) is 22.9 Å². The lowest BCUT2D eigenvalue weighted by Crippen LogP contribution is -2.49. The van der Waals surface area contributed by atoms with Gasteiger partial charge in [-0.1, -0.05) is 30.3 Å². The second kappa shape index (κ2) is 9.38. The molecule has 2 heterocycles. The Balaban J connectivity index is 1.54. The number of fused-ring (bicyclic) bond motifs is 1. The first kappa shape index (κ1) is 21.2. The molecule has 1 aliphatic heterocycles. The molecule has 0 atom stereocenters. The van der Waals surface area contributed by atoms with Gasteiger partial charge in [0.1, 0.15) is 24.6 Å². The van der Waals surface area contributed by atoms with Crippen molar-refractivity contribution in [3.63, 3.8) is 0 Å². The third-order valence-electron chi connectivity index (χ3n) is 5.15. The van der Waals surface area contributed by atoms with Gasteiger partial charge in [0.15, 0.2) is 6.61 Å². The number of amides is 3. The van der Waals surface area contributed by atoms with Crippen LogP contribution in [0.2, 0.25) is 0 Å². The number of carbonyl (C=O) groups excluding carboxylic acids is 3. The SMILES string of the molecule is Cc1ccccc1N(CC(=O)NCc1ccco1)C(=O)CN1C(=O)COc2ccccc21. The molecule has 0 radical (unpaired) electrons. The molecule has 1 aliphatic rings. The van der Waals surface area contributed by atoms with Crippen molar-refractivity contribution < 1.29 is 23.5 Å². The van der Waals surface area contributed by atoms with Gasteiger partial charge in [0.05, 0.1) is 18.5 Å². The molecule has 0 saturated heterocycles. The monoisotopic (exact) mass is 433 g/mol. The largest absolute Gasteiger partial charge is 0.482 e. The maximum absolute atomic E-state index is 13.4. The number of aryl methyl sites for hydroxylation is 1. The zero-order valence-electron chi connectivity index (χ0n) is 17.6. The number of hydrogen-bond donors (Lipinski definition) is 1. The predicted molar refractivity (Wildman–Crippen MR) is 118 cm³/mol. The Hall–Kier alpha value is -4.07. The van der Waals surface area contributed by atoms with Crippen molar-refractivity contribution in [2.75, 3.05) is 29.5 Å². The van der Waals surface area contributed by atoms with Gasteiger partial charge in [-0.15, -0.1) is 0 Å². The minimum absolute atomic E-state index is 0.141. The van der Waals surface area contributed by atoms with E-state index >= 15 is 0 Å². The zero-order valence-corrected chi connectivity index (χ0v) is 17.6. The molecule has 8 heteroatoms. The van der Waals surface area contributed by atoms with E-state index in [2.05, 4.69) is 5.32 Å². The van der Waals surface area contributed by atoms with Crippen molar-refractivity contribution in [1.29, 1.82) is 0 Å². The molecular weight excluding hydrogens is 410 g/mol. The van der Waals surface area contributed by atoms with Crippen molar-refractivity contribution in [2.24, 2.45) is 0 Å². The fourth-order valence-corrected chi connectivity index (χ4v) is 3.52. The maximum atomic E-state index is 13.4. The molecule has 4 rings (SSSR count). The minimum atomic E-state index is -0.377. The standard InChI is InChI=1S/C24H23N3O5/c1-17-7-2-3-9-19(17)26(14-22(28)25-13-18-8-6-12-31-18)23(29)15-27-20-10-4-5-11-21(20)32-16-24(27)30/h2-12H,13-16H2,1H3,(H,25,28). The van der Waals surface area contributed by atoms with Crippen LogP contribution < -0.4 is 19.9 Å². The summed E-state index contributed by atoms with van der Waals surface area (Å²) in [6.45, 7) is 1.55. The van der Waals surface area contributed by atoms with Gasteiger partial charge in [-0.3, -0.25) is 19.3 Å². The van der Waals surface area contributed by atoms with E-state index in [-0.39, 0.29) is 44.0 Å². The van der Waals surface area contributed by atoms with Gasteiger partial charge in [-0.2, -0.15) is 0 Å². The number of ether oxygens (including phenoxy) is 1. The van der Waals surface area contributed by atoms with Crippen LogP contribution in [-0.2, 0) is 20.9 Å². The van der Waals surface area contributed by atoms with Gasteiger partial charge >= 0.3 is 0 Å². The Morgan fingerprint density at radius 2 is 1.84 bits per heavy atom. The number of para-hydroxylation sites is 3. The van der Waals surface area contributed by atoms with Gasteiger partial charge in [-0.05, 0) is 42.8 Å². The first-order valence-electron chi connectivity index (χ1n) is 10.2. The average Bonchev–Trinajstić information content (AvgIpc) is 3.32. The summed E-state index contributed by atoms with van der Waals surface area (Å²) in [7, 11) is 0. The van der Waals surface area contributed by atoms with Crippen LogP contribution in [0.25, 0.3) is 0 Å². The maximum Gasteiger partial charge on any atom is 0.265 e. The van der Waals surface area contributed by atoms with E-state index in [4.69, 9.17) is 9.15 Å². The van der Waals surface area contributed by atoms with Crippen molar-refractivity contribution >= 4 is 29.1 Å². The Kier molecular flexibility index (Phi) is 6.21. The molecule has 0 unspecified atom stereocenters. The first-order valence-corrected chi connectivity index (χ1v) is 10.2. The van der Waals surface area contributed by atoms with Gasteiger partial charge in [0, 0.05) is 5.69 Å². The van der Waals surface area contributed by atoms with E-state index in [9.17, 15) is 14.4 Å². The zero-order chi connectivity index (χ0) is 22.5. The number of nitrogens with zero attached hydrogens (tertiary/aromatic N) is 2. The first-order chi connectivity index (χ1) is 15.5. The summed E-state index contributed by atoms with van der Waals surface area (Å²) in [5, 5.41) is 2.76. The Morgan fingerprint density at radius 3 is 2.62 bits per heavy atom. The van der Waals surface area contributed by atoms with E-state index in [1.165, 1.54) is 16.1 Å². The fraction of sp³-hybridized carbons (Fsp3) is 0.208. The van der Waals surface area contributed by atoms with Crippen LogP contribution >= 0.6 is 0 Å². The number of benzene rings is 2. The van der Waals surface area contributed by atoms with Gasteiger partial charge in [-0.25, -0.2) is 0 Å². The molecule has 164 valence electrons. The summed E-state index contributed by atoms with van der Waals surface area (Å²) < 4.78 is 10.7. The smallest absolute Gasteiger partial charge is 0.265 e. The molecular formula is C24H23N3O5. The third-order valence-corrected chi connectivity index (χ3v) is 5.15. The summed E-state index contributed by atoms with van der Waals surface area (Å²) in [6, 6.07) is 17.9. The molecule has 1 N–H and O–H groups in total. The molecule has 0 bridgehead atoms. The number of furan rings is 1. The van der Waals surface area contributed by atoms with Crippen LogP contribution in [0.15, 0.2) is 71.3 Å². The van der Waals surface area contributed by atoms with Crippen LogP contribution in [0.5, 0.6) is 5.75 Å². The quantitative estimate of drug-likeness (QED) is 0.619. The topological polar surface area (TPSA) is 92.1 Å². The predicted octanol–water partition coefficient (Wildman–Crippen LogP) is 2.66. The van der Waals surface area contributed by atoms with E-state index in [1.54, 1.807) is 48.5 Å². The van der Waals surface area contributed by atoms with Crippen LogP contribution in [-0.4, -0.2) is 37.4 Å². The van der Waals surface area contributed by atoms with Crippen LogP contribution in [0.3, 0.4) is 0 Å². The van der Waals surface area contributed by atoms with Gasteiger partial charge in [0.2, 0.25) is 11.8 Å². The highest BCUT2D eigenvalue weighted by Crippen LogP contribution is 2.31. The van der Waals surface area contributed by atoms with Crippen molar-refractivity contribution in [3.8, 4) is 5.75 Å². The lowest BCUT2D eigenvalue weighted by Gasteiger charge is -2.31. The number of rotatable bonds is 7. The number of carbonyl (C=O) groups is 3. The Morgan fingerprint density at radius 1 is 1.06 bits per heavy atom. The van der Waals surface area contributed by atoms with E-state index < -0.39 is 0 Å². The number of nitrogens with one attached hydrogen (secondary N) is 1. The second-order valence-electron chi connectivity index (χ2n) is 7.36. The van der Waals surface area contributed by atoms with Crippen molar-refractivity contribution in [2.45, 2.75) is 13.5 Å². The minimum Gasteiger partial charge on any atom is -0.482 e. The van der Waals surface area contributed by atoms with E-state index in [1.807, 2.05) is 19.1 Å². The highest BCUT2D eigenvalue weighted by molar-refractivity contribution is 6.07. The molecule has 0 saturated carbocycles. The molecule has 32 heavy (non-hydrogen) atoms. The lowest BCUT2D eigenvalue weighted by atomic mass is 10.1. The number of anilines is 2.